The maximum absolute atomic E-state index is 10.7. The average molecular weight is 416 g/mol. The zero-order valence-electron chi connectivity index (χ0n) is 16.3. The van der Waals surface area contributed by atoms with Crippen LogP contribution in [0.4, 0.5) is 0 Å². The molecule has 30 heavy (non-hydrogen) atoms. The number of aromatic nitrogens is 3. The molecule has 1 N–H and O–H groups in total. The number of aliphatic hydroxyl groups is 1. The molecule has 0 aliphatic rings. The quantitative estimate of drug-likeness (QED) is 0.419. The molecule has 0 fully saturated rings. The molecule has 0 saturated heterocycles. The van der Waals surface area contributed by atoms with E-state index in [2.05, 4.69) is 10.6 Å². The van der Waals surface area contributed by atoms with Crippen LogP contribution in [-0.2, 0) is 13.0 Å². The van der Waals surface area contributed by atoms with Crippen LogP contribution in [0.2, 0.25) is 0 Å². The van der Waals surface area contributed by atoms with Crippen molar-refractivity contribution in [1.82, 2.24) is 14.5 Å². The number of para-hydroxylation sites is 4. The summed E-state index contributed by atoms with van der Waals surface area (Å²) < 4.78 is 8.99. The van der Waals surface area contributed by atoms with Crippen LogP contribution >= 0.6 is 11.3 Å². The topological polar surface area (TPSA) is 60.2 Å². The van der Waals surface area contributed by atoms with E-state index in [1.165, 1.54) is 4.70 Å². The van der Waals surface area contributed by atoms with Crippen LogP contribution in [0.15, 0.2) is 78.9 Å². The van der Waals surface area contributed by atoms with Crippen LogP contribution in [0.1, 0.15) is 10.8 Å². The standard InChI is InChI=1S/C24H21N3O2S/c28-17(16-29-18-8-2-1-3-9-18)15-27-21-12-6-4-10-19(21)25-23(27)14-24-26-20-11-5-7-13-22(20)30-24/h1-13,17,28H,14-16H2/t17-/m1/s1. The summed E-state index contributed by atoms with van der Waals surface area (Å²) in [6.45, 7) is 0.630. The third kappa shape index (κ3) is 3.92. The van der Waals surface area contributed by atoms with Gasteiger partial charge in [0.15, 0.2) is 0 Å². The van der Waals surface area contributed by atoms with Gasteiger partial charge in [-0.25, -0.2) is 9.97 Å². The lowest BCUT2D eigenvalue weighted by atomic mass is 10.3. The molecular weight excluding hydrogens is 394 g/mol. The number of hydrogen-bond acceptors (Lipinski definition) is 5. The van der Waals surface area contributed by atoms with E-state index in [1.54, 1.807) is 11.3 Å². The van der Waals surface area contributed by atoms with Gasteiger partial charge < -0.3 is 14.4 Å². The molecule has 0 aliphatic heterocycles. The molecule has 0 aliphatic carbocycles. The molecule has 1 atom stereocenters. The van der Waals surface area contributed by atoms with Gasteiger partial charge in [-0.15, -0.1) is 11.3 Å². The first-order valence-electron chi connectivity index (χ1n) is 9.91. The average Bonchev–Trinajstić information content (AvgIpc) is 3.34. The number of hydrogen-bond donors (Lipinski definition) is 1. The van der Waals surface area contributed by atoms with E-state index in [1.807, 2.05) is 72.8 Å². The lowest BCUT2D eigenvalue weighted by molar-refractivity contribution is 0.0928. The largest absolute Gasteiger partial charge is 0.491 e. The Morgan fingerprint density at radius 2 is 1.60 bits per heavy atom. The fourth-order valence-electron chi connectivity index (χ4n) is 3.57. The number of rotatable bonds is 7. The van der Waals surface area contributed by atoms with Crippen LogP contribution < -0.4 is 4.74 Å². The van der Waals surface area contributed by atoms with Gasteiger partial charge >= 0.3 is 0 Å². The number of imidazole rings is 1. The molecule has 0 unspecified atom stereocenters. The number of thiazole rings is 1. The van der Waals surface area contributed by atoms with Crippen LogP contribution in [0.3, 0.4) is 0 Å². The molecular formula is C24H21N3O2S. The predicted molar refractivity (Wildman–Crippen MR) is 120 cm³/mol. The minimum absolute atomic E-state index is 0.219. The first kappa shape index (κ1) is 18.8. The van der Waals surface area contributed by atoms with Crippen LogP contribution in [-0.4, -0.2) is 32.4 Å². The fraction of sp³-hybridized carbons (Fsp3) is 0.167. The summed E-state index contributed by atoms with van der Waals surface area (Å²) >= 11 is 1.69. The van der Waals surface area contributed by atoms with Gasteiger partial charge in [0, 0.05) is 0 Å². The normalized spacial score (nSPS) is 12.4. The van der Waals surface area contributed by atoms with Crippen LogP contribution in [0.25, 0.3) is 21.3 Å². The van der Waals surface area contributed by atoms with E-state index < -0.39 is 6.10 Å². The van der Waals surface area contributed by atoms with E-state index in [4.69, 9.17) is 14.7 Å². The third-order valence-electron chi connectivity index (χ3n) is 4.96. The molecule has 0 radical (unpaired) electrons. The molecule has 5 aromatic rings. The minimum Gasteiger partial charge on any atom is -0.491 e. The Hall–Kier alpha value is -3.22. The number of ether oxygens (including phenoxy) is 1. The van der Waals surface area contributed by atoms with Gasteiger partial charge in [-0.1, -0.05) is 42.5 Å². The molecule has 150 valence electrons. The molecule has 6 heteroatoms. The molecule has 0 bridgehead atoms. The molecule has 2 heterocycles. The molecule has 0 spiro atoms. The van der Waals surface area contributed by atoms with Crippen molar-refractivity contribution < 1.29 is 9.84 Å². The zero-order chi connectivity index (χ0) is 20.3. The number of fused-ring (bicyclic) bond motifs is 2. The summed E-state index contributed by atoms with van der Waals surface area (Å²) in [5.41, 5.74) is 2.94. The Morgan fingerprint density at radius 3 is 2.43 bits per heavy atom. The van der Waals surface area contributed by atoms with E-state index in [-0.39, 0.29) is 6.61 Å². The number of benzene rings is 3. The van der Waals surface area contributed by atoms with E-state index in [9.17, 15) is 5.11 Å². The van der Waals surface area contributed by atoms with Crippen molar-refractivity contribution in [3.63, 3.8) is 0 Å². The molecule has 5 nitrogen and oxygen atoms in total. The SMILES string of the molecule is O[C@@H](COc1ccccc1)Cn1c(Cc2nc3ccccc3s2)nc2ccccc21. The lowest BCUT2D eigenvalue weighted by Crippen LogP contribution is -2.24. The highest BCUT2D eigenvalue weighted by molar-refractivity contribution is 7.18. The smallest absolute Gasteiger partial charge is 0.119 e. The van der Waals surface area contributed by atoms with Crippen LogP contribution in [0.5, 0.6) is 5.75 Å². The van der Waals surface area contributed by atoms with Crippen molar-refractivity contribution in [2.45, 2.75) is 19.1 Å². The number of aliphatic hydroxyl groups excluding tert-OH is 1. The Labute approximate surface area is 178 Å². The Bertz CT molecular complexity index is 1250. The van der Waals surface area contributed by atoms with Crippen molar-refractivity contribution in [3.8, 4) is 5.75 Å². The van der Waals surface area contributed by atoms with E-state index in [0.717, 1.165) is 33.1 Å². The number of nitrogens with zero attached hydrogens (tertiary/aromatic N) is 3. The van der Waals surface area contributed by atoms with E-state index in [0.29, 0.717) is 13.0 Å². The highest BCUT2D eigenvalue weighted by Gasteiger charge is 2.16. The lowest BCUT2D eigenvalue weighted by Gasteiger charge is -2.15. The summed E-state index contributed by atoms with van der Waals surface area (Å²) in [5, 5.41) is 11.7. The Morgan fingerprint density at radius 1 is 0.867 bits per heavy atom. The zero-order valence-corrected chi connectivity index (χ0v) is 17.1. The second-order valence-electron chi connectivity index (χ2n) is 7.16. The summed E-state index contributed by atoms with van der Waals surface area (Å²) in [7, 11) is 0. The third-order valence-corrected chi connectivity index (χ3v) is 6.00. The minimum atomic E-state index is -0.656. The first-order chi connectivity index (χ1) is 14.8. The first-order valence-corrected chi connectivity index (χ1v) is 10.7. The predicted octanol–water partition coefficient (Wildman–Crippen LogP) is 4.68. The van der Waals surface area contributed by atoms with Gasteiger partial charge in [0.25, 0.3) is 0 Å². The molecule has 3 aromatic carbocycles. The Balaban J connectivity index is 1.40. The summed E-state index contributed by atoms with van der Waals surface area (Å²) in [4.78, 5) is 9.58. The summed E-state index contributed by atoms with van der Waals surface area (Å²) in [6, 6.07) is 25.7. The van der Waals surface area contributed by atoms with Gasteiger partial charge in [0.05, 0.1) is 34.2 Å². The van der Waals surface area contributed by atoms with Gasteiger partial charge in [-0.2, -0.15) is 0 Å². The van der Waals surface area contributed by atoms with Gasteiger partial charge in [-0.05, 0) is 36.4 Å². The van der Waals surface area contributed by atoms with Crippen molar-refractivity contribution in [2.24, 2.45) is 0 Å². The van der Waals surface area contributed by atoms with E-state index >= 15 is 0 Å². The second kappa shape index (κ2) is 8.26. The second-order valence-corrected chi connectivity index (χ2v) is 8.27. The van der Waals surface area contributed by atoms with Crippen molar-refractivity contribution >= 4 is 32.6 Å². The van der Waals surface area contributed by atoms with Gasteiger partial charge in [0.1, 0.15) is 29.3 Å². The van der Waals surface area contributed by atoms with Gasteiger partial charge in [-0.3, -0.25) is 0 Å². The van der Waals surface area contributed by atoms with Gasteiger partial charge in [0.2, 0.25) is 0 Å². The highest BCUT2D eigenvalue weighted by Crippen LogP contribution is 2.25. The molecule has 0 saturated carbocycles. The van der Waals surface area contributed by atoms with Crippen LogP contribution in [0, 0.1) is 0 Å². The van der Waals surface area contributed by atoms with Crippen molar-refractivity contribution in [2.75, 3.05) is 6.61 Å². The maximum atomic E-state index is 10.7. The summed E-state index contributed by atoms with van der Waals surface area (Å²) in [5.74, 6) is 1.65. The monoisotopic (exact) mass is 415 g/mol. The van der Waals surface area contributed by atoms with Crippen molar-refractivity contribution in [3.05, 3.63) is 89.7 Å². The molecule has 5 rings (SSSR count). The Kier molecular flexibility index (Phi) is 5.17. The molecule has 0 amide bonds. The summed E-state index contributed by atoms with van der Waals surface area (Å²) in [6.07, 6.45) is -0.0303. The maximum Gasteiger partial charge on any atom is 0.119 e. The van der Waals surface area contributed by atoms with Crippen molar-refractivity contribution in [1.29, 1.82) is 0 Å². The fourth-order valence-corrected chi connectivity index (χ4v) is 4.53. The highest BCUT2D eigenvalue weighted by atomic mass is 32.1. The molecule has 2 aromatic heterocycles.